The molecule has 2 N–H and O–H groups in total. The van der Waals surface area contributed by atoms with Crippen molar-refractivity contribution in [3.05, 3.63) is 34.9 Å². The summed E-state index contributed by atoms with van der Waals surface area (Å²) < 4.78 is 0. The number of aliphatic hydroxyl groups excluding tert-OH is 2. The van der Waals surface area contributed by atoms with E-state index < -0.39 is 12.2 Å². The molecule has 0 amide bonds. The molecule has 2 unspecified atom stereocenters. The number of ketones is 1. The second-order valence-electron chi connectivity index (χ2n) is 4.41. The number of alkyl halides is 1. The highest BCUT2D eigenvalue weighted by molar-refractivity contribution is 9.09. The summed E-state index contributed by atoms with van der Waals surface area (Å²) in [5, 5.41) is 19.8. The Hall–Kier alpha value is -0.710. The Morgan fingerprint density at radius 2 is 2.00 bits per heavy atom. The molecule has 0 aliphatic heterocycles. The molecule has 17 heavy (non-hydrogen) atoms. The molecule has 0 bridgehead atoms. The van der Waals surface area contributed by atoms with Gasteiger partial charge in [-0.25, -0.2) is 0 Å². The Kier molecular flexibility index (Phi) is 3.97. The van der Waals surface area contributed by atoms with Gasteiger partial charge in [-0.15, -0.1) is 0 Å². The lowest BCUT2D eigenvalue weighted by atomic mass is 9.88. The summed E-state index contributed by atoms with van der Waals surface area (Å²) in [7, 11) is 0. The molecule has 3 nitrogen and oxygen atoms in total. The normalized spacial score (nSPS) is 18.6. The molecule has 1 aliphatic rings. The quantitative estimate of drug-likeness (QED) is 0.832. The van der Waals surface area contributed by atoms with Gasteiger partial charge in [-0.3, -0.25) is 4.79 Å². The molecule has 0 radical (unpaired) electrons. The summed E-state index contributed by atoms with van der Waals surface area (Å²) in [5.41, 5.74) is 2.87. The van der Waals surface area contributed by atoms with Gasteiger partial charge in [-0.1, -0.05) is 34.1 Å². The monoisotopic (exact) mass is 298 g/mol. The third-order valence-corrected chi connectivity index (χ3v) is 3.82. The maximum absolute atomic E-state index is 11.3. The van der Waals surface area contributed by atoms with Gasteiger partial charge in [0, 0.05) is 18.2 Å². The first-order chi connectivity index (χ1) is 8.11. The minimum absolute atomic E-state index is 0.270. The van der Waals surface area contributed by atoms with Gasteiger partial charge < -0.3 is 10.2 Å². The van der Waals surface area contributed by atoms with E-state index in [0.717, 1.165) is 17.5 Å². The minimum atomic E-state index is -0.877. The van der Waals surface area contributed by atoms with Crippen LogP contribution in [0.5, 0.6) is 0 Å². The van der Waals surface area contributed by atoms with Gasteiger partial charge in [0.2, 0.25) is 0 Å². The number of halogens is 1. The maximum Gasteiger partial charge on any atom is 0.137 e. The molecule has 0 spiro atoms. The molecule has 2 atom stereocenters. The molecular weight excluding hydrogens is 284 g/mol. The fraction of sp³-hybridized carbons (Fsp3) is 0.462. The number of aliphatic hydroxyl groups is 2. The van der Waals surface area contributed by atoms with Crippen molar-refractivity contribution >= 4 is 21.7 Å². The van der Waals surface area contributed by atoms with Crippen LogP contribution in [0.15, 0.2) is 18.2 Å². The van der Waals surface area contributed by atoms with Crippen LogP contribution in [0.3, 0.4) is 0 Å². The molecule has 0 saturated heterocycles. The van der Waals surface area contributed by atoms with E-state index in [1.807, 2.05) is 12.1 Å². The molecule has 0 saturated carbocycles. The number of hydrogen-bond donors (Lipinski definition) is 2. The van der Waals surface area contributed by atoms with Crippen molar-refractivity contribution in [1.82, 2.24) is 0 Å². The number of rotatable bonds is 3. The Balaban J connectivity index is 2.24. The van der Waals surface area contributed by atoms with Crippen molar-refractivity contribution in [3.63, 3.8) is 0 Å². The summed E-state index contributed by atoms with van der Waals surface area (Å²) in [5.74, 6) is 0.270. The summed E-state index contributed by atoms with van der Waals surface area (Å²) >= 11 is 3.14. The first-order valence-electron chi connectivity index (χ1n) is 5.67. The number of aryl methyl sites for hydroxylation is 1. The average molecular weight is 299 g/mol. The van der Waals surface area contributed by atoms with Crippen molar-refractivity contribution in [1.29, 1.82) is 0 Å². The van der Waals surface area contributed by atoms with Gasteiger partial charge in [0.1, 0.15) is 11.9 Å². The molecule has 0 fully saturated rings. The molecular formula is C13H15BrO3. The van der Waals surface area contributed by atoms with Crippen molar-refractivity contribution in [2.45, 2.75) is 31.5 Å². The molecule has 2 rings (SSSR count). The number of benzene rings is 1. The molecule has 1 aromatic rings. The number of carbonyl (C=O) groups excluding carboxylic acids is 1. The van der Waals surface area contributed by atoms with Gasteiger partial charge in [-0.2, -0.15) is 0 Å². The molecule has 0 aromatic heterocycles. The highest BCUT2D eigenvalue weighted by Gasteiger charge is 2.20. The number of fused-ring (bicyclic) bond motifs is 1. The molecule has 1 aromatic carbocycles. The Morgan fingerprint density at radius 1 is 1.24 bits per heavy atom. The summed E-state index contributed by atoms with van der Waals surface area (Å²) in [6, 6.07) is 5.57. The van der Waals surface area contributed by atoms with Gasteiger partial charge in [-0.05, 0) is 23.1 Å². The van der Waals surface area contributed by atoms with Crippen LogP contribution >= 0.6 is 15.9 Å². The Labute approximate surface area is 109 Å². The van der Waals surface area contributed by atoms with Gasteiger partial charge >= 0.3 is 0 Å². The van der Waals surface area contributed by atoms with Crippen LogP contribution in [0.1, 0.15) is 29.2 Å². The standard InChI is InChI=1S/C13H15BrO3/c14-7-12(16)13(17)10-2-1-9-6-11(15)4-3-8(9)5-10/h1-2,5,12-13,16-17H,3-4,6-7H2. The molecule has 1 aliphatic carbocycles. The topological polar surface area (TPSA) is 57.5 Å². The lowest BCUT2D eigenvalue weighted by molar-refractivity contribution is -0.118. The van der Waals surface area contributed by atoms with Crippen LogP contribution in [-0.4, -0.2) is 27.4 Å². The third kappa shape index (κ3) is 2.76. The summed E-state index contributed by atoms with van der Waals surface area (Å²) in [4.78, 5) is 11.3. The van der Waals surface area contributed by atoms with E-state index in [1.165, 1.54) is 0 Å². The van der Waals surface area contributed by atoms with E-state index in [4.69, 9.17) is 0 Å². The SMILES string of the molecule is O=C1CCc2cc(C(O)C(O)CBr)ccc2C1. The van der Waals surface area contributed by atoms with Crippen LogP contribution in [-0.2, 0) is 17.6 Å². The zero-order chi connectivity index (χ0) is 12.4. The van der Waals surface area contributed by atoms with Crippen molar-refractivity contribution in [2.24, 2.45) is 0 Å². The van der Waals surface area contributed by atoms with Crippen LogP contribution in [0.4, 0.5) is 0 Å². The third-order valence-electron chi connectivity index (χ3n) is 3.16. The second-order valence-corrected chi connectivity index (χ2v) is 5.06. The second kappa shape index (κ2) is 5.29. The highest BCUT2D eigenvalue weighted by atomic mass is 79.9. The van der Waals surface area contributed by atoms with Crippen molar-refractivity contribution in [2.75, 3.05) is 5.33 Å². The Bertz CT molecular complexity index is 431. The van der Waals surface area contributed by atoms with Crippen LogP contribution in [0, 0.1) is 0 Å². The van der Waals surface area contributed by atoms with E-state index >= 15 is 0 Å². The molecule has 92 valence electrons. The first kappa shape index (κ1) is 12.7. The number of carbonyl (C=O) groups is 1. The summed E-state index contributed by atoms with van der Waals surface area (Å²) in [6.45, 7) is 0. The van der Waals surface area contributed by atoms with Gasteiger partial charge in [0.15, 0.2) is 0 Å². The maximum atomic E-state index is 11.3. The predicted molar refractivity (Wildman–Crippen MR) is 68.2 cm³/mol. The molecule has 4 heteroatoms. The fourth-order valence-corrected chi connectivity index (χ4v) is 2.47. The largest absolute Gasteiger partial charge is 0.389 e. The van der Waals surface area contributed by atoms with Crippen molar-refractivity contribution in [3.8, 4) is 0 Å². The van der Waals surface area contributed by atoms with E-state index in [2.05, 4.69) is 15.9 Å². The van der Waals surface area contributed by atoms with E-state index in [1.54, 1.807) is 6.07 Å². The Morgan fingerprint density at radius 3 is 2.71 bits per heavy atom. The fourth-order valence-electron chi connectivity index (χ4n) is 2.12. The van der Waals surface area contributed by atoms with Gasteiger partial charge in [0.05, 0.1) is 6.10 Å². The average Bonchev–Trinajstić information content (AvgIpc) is 2.36. The minimum Gasteiger partial charge on any atom is -0.389 e. The smallest absolute Gasteiger partial charge is 0.137 e. The molecule has 0 heterocycles. The predicted octanol–water partition coefficient (Wildman–Crippen LogP) is 1.53. The first-order valence-corrected chi connectivity index (χ1v) is 6.79. The van der Waals surface area contributed by atoms with Gasteiger partial charge in [0.25, 0.3) is 0 Å². The summed E-state index contributed by atoms with van der Waals surface area (Å²) in [6.07, 6.45) is 0.120. The highest BCUT2D eigenvalue weighted by Crippen LogP contribution is 2.25. The van der Waals surface area contributed by atoms with E-state index in [0.29, 0.717) is 23.7 Å². The number of Topliss-reactive ketones (excluding diaryl/α,β-unsaturated/α-hetero) is 1. The zero-order valence-electron chi connectivity index (χ0n) is 9.40. The van der Waals surface area contributed by atoms with Crippen LogP contribution < -0.4 is 0 Å². The van der Waals surface area contributed by atoms with E-state index in [9.17, 15) is 15.0 Å². The number of hydrogen-bond acceptors (Lipinski definition) is 3. The van der Waals surface area contributed by atoms with Crippen molar-refractivity contribution < 1.29 is 15.0 Å². The lowest BCUT2D eigenvalue weighted by Gasteiger charge is -2.20. The lowest BCUT2D eigenvalue weighted by Crippen LogP contribution is -2.20. The van der Waals surface area contributed by atoms with Crippen LogP contribution in [0.25, 0.3) is 0 Å². The van der Waals surface area contributed by atoms with E-state index in [-0.39, 0.29) is 5.78 Å². The van der Waals surface area contributed by atoms with Crippen LogP contribution in [0.2, 0.25) is 0 Å². The zero-order valence-corrected chi connectivity index (χ0v) is 11.0.